The maximum Gasteiger partial charge on any atom is 0.332 e. The van der Waals surface area contributed by atoms with Crippen LogP contribution in [-0.2, 0) is 27.3 Å². The maximum atomic E-state index is 12.0. The number of nitrogens with zero attached hydrogens (tertiary/aromatic N) is 1. The molecular formula is C15H22N2O3. The molecule has 0 spiro atoms. The van der Waals surface area contributed by atoms with Gasteiger partial charge in [0.1, 0.15) is 0 Å². The van der Waals surface area contributed by atoms with Crippen molar-refractivity contribution in [1.29, 1.82) is 0 Å². The van der Waals surface area contributed by atoms with Crippen LogP contribution in [0.1, 0.15) is 25.0 Å². The van der Waals surface area contributed by atoms with Crippen molar-refractivity contribution in [3.8, 4) is 0 Å². The summed E-state index contributed by atoms with van der Waals surface area (Å²) in [4.78, 5) is 24.9. The van der Waals surface area contributed by atoms with E-state index in [1.807, 2.05) is 24.3 Å². The van der Waals surface area contributed by atoms with Gasteiger partial charge in [-0.1, -0.05) is 31.2 Å². The maximum absolute atomic E-state index is 12.0. The quantitative estimate of drug-likeness (QED) is 0.624. The van der Waals surface area contributed by atoms with Gasteiger partial charge >= 0.3 is 5.97 Å². The van der Waals surface area contributed by atoms with Gasteiger partial charge in [-0.15, -0.1) is 0 Å². The van der Waals surface area contributed by atoms with E-state index in [-0.39, 0.29) is 6.61 Å². The van der Waals surface area contributed by atoms with Crippen LogP contribution in [0, 0.1) is 0 Å². The number of nitrogens with two attached hydrogens (primary N) is 1. The summed E-state index contributed by atoms with van der Waals surface area (Å²) >= 11 is 0. The van der Waals surface area contributed by atoms with Crippen molar-refractivity contribution in [3.05, 3.63) is 35.4 Å². The van der Waals surface area contributed by atoms with Crippen LogP contribution in [0.2, 0.25) is 0 Å². The molecular weight excluding hydrogens is 256 g/mol. The second-order valence-electron chi connectivity index (χ2n) is 4.59. The standard InChI is InChI=1S/C15H22N2O3/c1-4-11-6-8-12(9-7-11)10-17(3)14(18)13(16)15(19)20-5-2/h6-9,13H,4-5,10,16H2,1-3H3. The van der Waals surface area contributed by atoms with E-state index in [1.54, 1.807) is 14.0 Å². The highest BCUT2D eigenvalue weighted by Gasteiger charge is 2.26. The van der Waals surface area contributed by atoms with Gasteiger partial charge in [-0.25, -0.2) is 4.79 Å². The van der Waals surface area contributed by atoms with Gasteiger partial charge in [0, 0.05) is 13.6 Å². The normalized spacial score (nSPS) is 11.8. The zero-order valence-corrected chi connectivity index (χ0v) is 12.3. The smallest absolute Gasteiger partial charge is 0.332 e. The Morgan fingerprint density at radius 2 is 1.75 bits per heavy atom. The van der Waals surface area contributed by atoms with Crippen LogP contribution in [0.3, 0.4) is 0 Å². The number of rotatable bonds is 6. The summed E-state index contributed by atoms with van der Waals surface area (Å²) in [6.45, 7) is 4.38. The summed E-state index contributed by atoms with van der Waals surface area (Å²) in [6, 6.07) is 6.74. The van der Waals surface area contributed by atoms with Crippen molar-refractivity contribution in [3.63, 3.8) is 0 Å². The SMILES string of the molecule is CCOC(=O)C(N)C(=O)N(C)Cc1ccc(CC)cc1. The fourth-order valence-corrected chi connectivity index (χ4v) is 1.80. The summed E-state index contributed by atoms with van der Waals surface area (Å²) < 4.78 is 4.74. The minimum Gasteiger partial charge on any atom is -0.464 e. The summed E-state index contributed by atoms with van der Waals surface area (Å²) in [5.74, 6) is -1.13. The van der Waals surface area contributed by atoms with E-state index >= 15 is 0 Å². The van der Waals surface area contributed by atoms with Crippen LogP contribution in [0.25, 0.3) is 0 Å². The molecule has 0 fully saturated rings. The number of benzene rings is 1. The average molecular weight is 278 g/mol. The predicted molar refractivity (Wildman–Crippen MR) is 76.9 cm³/mol. The zero-order valence-electron chi connectivity index (χ0n) is 12.3. The molecule has 1 aromatic carbocycles. The highest BCUT2D eigenvalue weighted by Crippen LogP contribution is 2.08. The Bertz CT molecular complexity index is 457. The first kappa shape index (κ1) is 16.2. The van der Waals surface area contributed by atoms with Crippen LogP contribution in [0.5, 0.6) is 0 Å². The fourth-order valence-electron chi connectivity index (χ4n) is 1.80. The third-order valence-corrected chi connectivity index (χ3v) is 3.03. The van der Waals surface area contributed by atoms with Crippen LogP contribution >= 0.6 is 0 Å². The number of likely N-dealkylation sites (N-methyl/N-ethyl adjacent to an activating group) is 1. The van der Waals surface area contributed by atoms with Crippen molar-refractivity contribution >= 4 is 11.9 Å². The molecule has 1 amide bonds. The van der Waals surface area contributed by atoms with Crippen LogP contribution < -0.4 is 5.73 Å². The van der Waals surface area contributed by atoms with E-state index in [9.17, 15) is 9.59 Å². The molecule has 1 aromatic rings. The Hall–Kier alpha value is -1.88. The van der Waals surface area contributed by atoms with Crippen LogP contribution in [0.4, 0.5) is 0 Å². The number of ether oxygens (including phenoxy) is 1. The molecule has 0 bridgehead atoms. The molecule has 5 nitrogen and oxygen atoms in total. The lowest BCUT2D eigenvalue weighted by Crippen LogP contribution is -2.47. The Kier molecular flexibility index (Phi) is 6.18. The number of amides is 1. The van der Waals surface area contributed by atoms with Crippen LogP contribution in [0.15, 0.2) is 24.3 Å². The molecule has 0 saturated heterocycles. The third-order valence-electron chi connectivity index (χ3n) is 3.03. The third kappa shape index (κ3) is 4.35. The number of aryl methyl sites for hydroxylation is 1. The van der Waals surface area contributed by atoms with Crippen LogP contribution in [-0.4, -0.2) is 36.5 Å². The van der Waals surface area contributed by atoms with Gasteiger partial charge < -0.3 is 15.4 Å². The van der Waals surface area contributed by atoms with Gasteiger partial charge in [0.25, 0.3) is 5.91 Å². The van der Waals surface area contributed by atoms with E-state index in [2.05, 4.69) is 6.92 Å². The Morgan fingerprint density at radius 3 is 2.25 bits per heavy atom. The average Bonchev–Trinajstić information content (AvgIpc) is 2.46. The lowest BCUT2D eigenvalue weighted by molar-refractivity contribution is -0.150. The minimum atomic E-state index is -1.25. The molecule has 0 aromatic heterocycles. The van der Waals surface area contributed by atoms with E-state index < -0.39 is 17.9 Å². The molecule has 1 rings (SSSR count). The van der Waals surface area contributed by atoms with Gasteiger partial charge in [0.05, 0.1) is 6.61 Å². The van der Waals surface area contributed by atoms with Crippen molar-refractivity contribution in [2.24, 2.45) is 5.73 Å². The van der Waals surface area contributed by atoms with E-state index in [0.717, 1.165) is 12.0 Å². The highest BCUT2D eigenvalue weighted by atomic mass is 16.5. The predicted octanol–water partition coefficient (Wildman–Crippen LogP) is 1.10. The Balaban J connectivity index is 2.62. The van der Waals surface area contributed by atoms with E-state index in [1.165, 1.54) is 10.5 Å². The Morgan fingerprint density at radius 1 is 1.20 bits per heavy atom. The second-order valence-corrected chi connectivity index (χ2v) is 4.59. The minimum absolute atomic E-state index is 0.210. The number of hydrogen-bond donors (Lipinski definition) is 1. The van der Waals surface area contributed by atoms with Crippen molar-refractivity contribution < 1.29 is 14.3 Å². The summed E-state index contributed by atoms with van der Waals surface area (Å²) in [7, 11) is 1.62. The molecule has 0 aliphatic rings. The molecule has 2 N–H and O–H groups in total. The lowest BCUT2D eigenvalue weighted by Gasteiger charge is -2.20. The fraction of sp³-hybridized carbons (Fsp3) is 0.467. The largest absolute Gasteiger partial charge is 0.464 e. The van der Waals surface area contributed by atoms with Gasteiger partial charge in [0.2, 0.25) is 0 Å². The summed E-state index contributed by atoms with van der Waals surface area (Å²) in [5.41, 5.74) is 7.82. The molecule has 1 atom stereocenters. The topological polar surface area (TPSA) is 72.6 Å². The summed E-state index contributed by atoms with van der Waals surface area (Å²) in [5, 5.41) is 0. The second kappa shape index (κ2) is 7.65. The van der Waals surface area contributed by atoms with Crippen molar-refractivity contribution in [2.45, 2.75) is 32.9 Å². The molecule has 5 heteroatoms. The van der Waals surface area contributed by atoms with Gasteiger partial charge in [-0.2, -0.15) is 0 Å². The molecule has 0 heterocycles. The molecule has 0 aliphatic heterocycles. The number of carbonyl (C=O) groups is 2. The van der Waals surface area contributed by atoms with Crippen molar-refractivity contribution in [1.82, 2.24) is 4.90 Å². The number of esters is 1. The molecule has 110 valence electrons. The molecule has 0 radical (unpaired) electrons. The number of carbonyl (C=O) groups excluding carboxylic acids is 2. The monoisotopic (exact) mass is 278 g/mol. The molecule has 20 heavy (non-hydrogen) atoms. The van der Waals surface area contributed by atoms with E-state index in [0.29, 0.717) is 6.54 Å². The highest BCUT2D eigenvalue weighted by molar-refractivity contribution is 6.01. The first-order valence-corrected chi connectivity index (χ1v) is 6.74. The lowest BCUT2D eigenvalue weighted by atomic mass is 10.1. The Labute approximate surface area is 119 Å². The van der Waals surface area contributed by atoms with Gasteiger partial charge in [-0.05, 0) is 24.5 Å². The van der Waals surface area contributed by atoms with Gasteiger partial charge in [0.15, 0.2) is 6.04 Å². The zero-order chi connectivity index (χ0) is 15.1. The van der Waals surface area contributed by atoms with E-state index in [4.69, 9.17) is 10.5 Å². The molecule has 1 unspecified atom stereocenters. The van der Waals surface area contributed by atoms with Gasteiger partial charge in [-0.3, -0.25) is 4.79 Å². The molecule has 0 aliphatic carbocycles. The first-order valence-electron chi connectivity index (χ1n) is 6.74. The number of hydrogen-bond acceptors (Lipinski definition) is 4. The summed E-state index contributed by atoms with van der Waals surface area (Å²) in [6.07, 6.45) is 0.975. The molecule has 0 saturated carbocycles. The first-order chi connectivity index (χ1) is 9.49. The van der Waals surface area contributed by atoms with Crippen molar-refractivity contribution in [2.75, 3.05) is 13.7 Å².